The van der Waals surface area contributed by atoms with Crippen molar-refractivity contribution in [3.05, 3.63) is 90.1 Å². The second kappa shape index (κ2) is 8.53. The molecule has 150 valence electrons. The fourth-order valence-corrected chi connectivity index (χ4v) is 3.27. The number of anilines is 3. The van der Waals surface area contributed by atoms with Crippen molar-refractivity contribution in [2.45, 2.75) is 6.42 Å². The van der Waals surface area contributed by atoms with Crippen LogP contribution in [0.2, 0.25) is 0 Å². The third-order valence-electron chi connectivity index (χ3n) is 4.79. The first-order valence-corrected chi connectivity index (χ1v) is 9.53. The maximum atomic E-state index is 12.4. The maximum Gasteiger partial charge on any atom is 0.337 e. The number of methoxy groups -OCH3 is 1. The van der Waals surface area contributed by atoms with Crippen LogP contribution in [0.15, 0.2) is 79.0 Å². The van der Waals surface area contributed by atoms with E-state index in [9.17, 15) is 9.59 Å². The van der Waals surface area contributed by atoms with Gasteiger partial charge in [0.05, 0.1) is 19.1 Å². The van der Waals surface area contributed by atoms with Crippen molar-refractivity contribution in [1.82, 2.24) is 4.98 Å². The van der Waals surface area contributed by atoms with Gasteiger partial charge in [-0.1, -0.05) is 18.2 Å². The van der Waals surface area contributed by atoms with Crippen molar-refractivity contribution in [2.75, 3.05) is 17.7 Å². The molecule has 1 heterocycles. The molecule has 0 aliphatic rings. The fraction of sp³-hybridized carbons (Fsp3) is 0.0833. The Kier molecular flexibility index (Phi) is 5.48. The Bertz CT molecular complexity index is 1180. The van der Waals surface area contributed by atoms with Crippen LogP contribution in [-0.2, 0) is 16.0 Å². The lowest BCUT2D eigenvalue weighted by Gasteiger charge is -2.09. The van der Waals surface area contributed by atoms with Crippen LogP contribution in [0.3, 0.4) is 0 Å². The zero-order valence-electron chi connectivity index (χ0n) is 16.4. The lowest BCUT2D eigenvalue weighted by Crippen LogP contribution is -2.14. The number of rotatable bonds is 6. The van der Waals surface area contributed by atoms with Crippen molar-refractivity contribution in [1.29, 1.82) is 0 Å². The SMILES string of the molecule is COC(=O)c1ccc(Nc2ccc(NC(=O)Cc3c[nH]c4ccccc34)cc2)cc1. The summed E-state index contributed by atoms with van der Waals surface area (Å²) >= 11 is 0. The summed E-state index contributed by atoms with van der Waals surface area (Å²) < 4.78 is 4.70. The van der Waals surface area contributed by atoms with E-state index in [0.29, 0.717) is 12.0 Å². The molecule has 0 atom stereocenters. The average Bonchev–Trinajstić information content (AvgIpc) is 3.18. The molecule has 30 heavy (non-hydrogen) atoms. The van der Waals surface area contributed by atoms with E-state index in [4.69, 9.17) is 4.74 Å². The molecular weight excluding hydrogens is 378 g/mol. The van der Waals surface area contributed by atoms with Gasteiger partial charge in [0.15, 0.2) is 0 Å². The molecule has 0 unspecified atom stereocenters. The van der Waals surface area contributed by atoms with Gasteiger partial charge in [-0.25, -0.2) is 4.79 Å². The van der Waals surface area contributed by atoms with E-state index in [1.54, 1.807) is 12.1 Å². The molecule has 0 saturated carbocycles. The summed E-state index contributed by atoms with van der Waals surface area (Å²) in [4.78, 5) is 27.1. The van der Waals surface area contributed by atoms with E-state index in [2.05, 4.69) is 15.6 Å². The van der Waals surface area contributed by atoms with Crippen molar-refractivity contribution in [3.63, 3.8) is 0 Å². The summed E-state index contributed by atoms with van der Waals surface area (Å²) in [6, 6.07) is 22.4. The third kappa shape index (κ3) is 4.33. The minimum atomic E-state index is -0.366. The average molecular weight is 399 g/mol. The number of carbonyl (C=O) groups is 2. The van der Waals surface area contributed by atoms with Crippen LogP contribution in [0.1, 0.15) is 15.9 Å². The summed E-state index contributed by atoms with van der Waals surface area (Å²) in [5, 5.41) is 7.25. The molecule has 0 bridgehead atoms. The van der Waals surface area contributed by atoms with Crippen molar-refractivity contribution < 1.29 is 14.3 Å². The Morgan fingerprint density at radius 1 is 0.867 bits per heavy atom. The monoisotopic (exact) mass is 399 g/mol. The summed E-state index contributed by atoms with van der Waals surface area (Å²) in [6.45, 7) is 0. The molecule has 4 rings (SSSR count). The molecule has 6 nitrogen and oxygen atoms in total. The molecule has 0 spiro atoms. The van der Waals surface area contributed by atoms with Gasteiger partial charge in [0.2, 0.25) is 5.91 Å². The van der Waals surface area contributed by atoms with Crippen LogP contribution in [-0.4, -0.2) is 24.0 Å². The normalized spacial score (nSPS) is 10.6. The summed E-state index contributed by atoms with van der Waals surface area (Å²) in [7, 11) is 1.36. The van der Waals surface area contributed by atoms with E-state index in [1.807, 2.05) is 66.9 Å². The molecule has 1 amide bonds. The first kappa shape index (κ1) is 19.3. The van der Waals surface area contributed by atoms with Crippen LogP contribution in [0, 0.1) is 0 Å². The molecule has 0 radical (unpaired) electrons. The fourth-order valence-electron chi connectivity index (χ4n) is 3.27. The van der Waals surface area contributed by atoms with Gasteiger partial charge in [-0.15, -0.1) is 0 Å². The maximum absolute atomic E-state index is 12.4. The molecule has 0 aliphatic carbocycles. The highest BCUT2D eigenvalue weighted by Crippen LogP contribution is 2.21. The number of nitrogens with one attached hydrogen (secondary N) is 3. The number of H-pyrrole nitrogens is 1. The Labute approximate surface area is 173 Å². The molecule has 6 heteroatoms. The van der Waals surface area contributed by atoms with E-state index in [1.165, 1.54) is 7.11 Å². The Morgan fingerprint density at radius 3 is 2.20 bits per heavy atom. The minimum Gasteiger partial charge on any atom is -0.465 e. The van der Waals surface area contributed by atoms with Gasteiger partial charge in [-0.3, -0.25) is 4.79 Å². The molecule has 4 aromatic rings. The smallest absolute Gasteiger partial charge is 0.337 e. The topological polar surface area (TPSA) is 83.2 Å². The van der Waals surface area contributed by atoms with Gasteiger partial charge in [0, 0.05) is 34.2 Å². The van der Waals surface area contributed by atoms with Crippen molar-refractivity contribution in [2.24, 2.45) is 0 Å². The lowest BCUT2D eigenvalue weighted by molar-refractivity contribution is -0.115. The van der Waals surface area contributed by atoms with Crippen LogP contribution in [0.4, 0.5) is 17.1 Å². The molecule has 1 aromatic heterocycles. The second-order valence-electron chi connectivity index (χ2n) is 6.86. The summed E-state index contributed by atoms with van der Waals surface area (Å²) in [5.41, 5.74) is 4.93. The quantitative estimate of drug-likeness (QED) is 0.404. The largest absolute Gasteiger partial charge is 0.465 e. The highest BCUT2D eigenvalue weighted by molar-refractivity contribution is 5.96. The standard InChI is InChI=1S/C24H21N3O3/c1-30-24(29)16-6-8-18(9-7-16)26-19-10-12-20(13-11-19)27-23(28)14-17-15-25-22-5-3-2-4-21(17)22/h2-13,15,25-26H,14H2,1H3,(H,27,28). The van der Waals surface area contributed by atoms with Gasteiger partial charge in [-0.05, 0) is 60.2 Å². The predicted molar refractivity (Wildman–Crippen MR) is 118 cm³/mol. The second-order valence-corrected chi connectivity index (χ2v) is 6.86. The van der Waals surface area contributed by atoms with E-state index in [-0.39, 0.29) is 11.9 Å². The first-order chi connectivity index (χ1) is 14.6. The molecular formula is C24H21N3O3. The van der Waals surface area contributed by atoms with Crippen LogP contribution in [0.25, 0.3) is 10.9 Å². The summed E-state index contributed by atoms with van der Waals surface area (Å²) in [5.74, 6) is -0.437. The number of esters is 1. The number of amides is 1. The van der Waals surface area contributed by atoms with E-state index < -0.39 is 0 Å². The number of aromatic nitrogens is 1. The van der Waals surface area contributed by atoms with E-state index >= 15 is 0 Å². The minimum absolute atomic E-state index is 0.0705. The van der Waals surface area contributed by atoms with Gasteiger partial charge < -0.3 is 20.4 Å². The lowest BCUT2D eigenvalue weighted by atomic mass is 10.1. The van der Waals surface area contributed by atoms with E-state index in [0.717, 1.165) is 33.5 Å². The van der Waals surface area contributed by atoms with Gasteiger partial charge >= 0.3 is 5.97 Å². The van der Waals surface area contributed by atoms with Crippen LogP contribution >= 0.6 is 0 Å². The Hall–Kier alpha value is -4.06. The highest BCUT2D eigenvalue weighted by atomic mass is 16.5. The number of carbonyl (C=O) groups excluding carboxylic acids is 2. The highest BCUT2D eigenvalue weighted by Gasteiger charge is 2.09. The third-order valence-corrected chi connectivity index (χ3v) is 4.79. The number of benzene rings is 3. The van der Waals surface area contributed by atoms with Gasteiger partial charge in [0.25, 0.3) is 0 Å². The first-order valence-electron chi connectivity index (χ1n) is 9.53. The molecule has 3 aromatic carbocycles. The van der Waals surface area contributed by atoms with Crippen LogP contribution in [0.5, 0.6) is 0 Å². The molecule has 0 fully saturated rings. The Morgan fingerprint density at radius 2 is 1.50 bits per heavy atom. The van der Waals surface area contributed by atoms with Crippen LogP contribution < -0.4 is 10.6 Å². The molecule has 0 saturated heterocycles. The zero-order valence-corrected chi connectivity index (χ0v) is 16.4. The molecule has 0 aliphatic heterocycles. The Balaban J connectivity index is 1.36. The van der Waals surface area contributed by atoms with Gasteiger partial charge in [0.1, 0.15) is 0 Å². The number of aromatic amines is 1. The van der Waals surface area contributed by atoms with Crippen molar-refractivity contribution >= 4 is 39.8 Å². The predicted octanol–water partition coefficient (Wildman–Crippen LogP) is 4.88. The summed E-state index contributed by atoms with van der Waals surface area (Å²) in [6.07, 6.45) is 2.18. The zero-order chi connectivity index (χ0) is 20.9. The van der Waals surface area contributed by atoms with Gasteiger partial charge in [-0.2, -0.15) is 0 Å². The number of hydrogen-bond donors (Lipinski definition) is 3. The number of hydrogen-bond acceptors (Lipinski definition) is 4. The number of fused-ring (bicyclic) bond motifs is 1. The number of para-hydroxylation sites is 1. The number of ether oxygens (including phenoxy) is 1. The molecule has 3 N–H and O–H groups in total. The van der Waals surface area contributed by atoms with Crippen molar-refractivity contribution in [3.8, 4) is 0 Å².